The largest absolute Gasteiger partial charge is 0.493 e. The van der Waals surface area contributed by atoms with Crippen LogP contribution in [0.4, 0.5) is 0 Å². The van der Waals surface area contributed by atoms with E-state index in [-0.39, 0.29) is 11.9 Å². The summed E-state index contributed by atoms with van der Waals surface area (Å²) in [5.41, 5.74) is 0.306. The smallest absolute Gasteiger partial charge is 0.248 e. The van der Waals surface area contributed by atoms with Crippen LogP contribution in [-0.2, 0) is 10.3 Å². The van der Waals surface area contributed by atoms with E-state index >= 15 is 0 Å². The van der Waals surface area contributed by atoms with Crippen molar-refractivity contribution in [3.05, 3.63) is 42.2 Å². The van der Waals surface area contributed by atoms with Crippen LogP contribution in [0.5, 0.6) is 11.5 Å². The molecule has 7 nitrogen and oxygen atoms in total. The molecular weight excluding hydrogens is 332 g/mol. The average molecular weight is 358 g/mol. The lowest BCUT2D eigenvalue weighted by Crippen LogP contribution is -2.55. The van der Waals surface area contributed by atoms with Crippen LogP contribution in [0.3, 0.4) is 0 Å². The second kappa shape index (κ2) is 7.78. The number of nitrogens with zero attached hydrogens (tertiary/aromatic N) is 2. The van der Waals surface area contributed by atoms with Crippen LogP contribution in [0.2, 0.25) is 0 Å². The molecule has 1 aliphatic rings. The third kappa shape index (κ3) is 3.39. The van der Waals surface area contributed by atoms with Gasteiger partial charge in [-0.2, -0.15) is 5.10 Å². The highest BCUT2D eigenvalue weighted by Gasteiger charge is 2.42. The van der Waals surface area contributed by atoms with Crippen LogP contribution in [-0.4, -0.2) is 43.0 Å². The van der Waals surface area contributed by atoms with E-state index in [1.165, 1.54) is 0 Å². The quantitative estimate of drug-likeness (QED) is 0.824. The van der Waals surface area contributed by atoms with Gasteiger partial charge >= 0.3 is 0 Å². The average Bonchev–Trinajstić information content (AvgIpc) is 3.23. The van der Waals surface area contributed by atoms with Crippen molar-refractivity contribution in [1.82, 2.24) is 20.4 Å². The van der Waals surface area contributed by atoms with Crippen molar-refractivity contribution in [3.8, 4) is 11.5 Å². The van der Waals surface area contributed by atoms with E-state index < -0.39 is 5.54 Å². The molecular formula is C19H26N4O3. The van der Waals surface area contributed by atoms with E-state index in [1.807, 2.05) is 37.4 Å². The monoisotopic (exact) mass is 358 g/mol. The fraction of sp³-hybridized carbons (Fsp3) is 0.474. The third-order valence-corrected chi connectivity index (χ3v) is 5.05. The van der Waals surface area contributed by atoms with Gasteiger partial charge in [0.05, 0.1) is 20.3 Å². The number of benzene rings is 1. The predicted molar refractivity (Wildman–Crippen MR) is 98.4 cm³/mol. The molecule has 7 heteroatoms. The summed E-state index contributed by atoms with van der Waals surface area (Å²) in [5, 5.41) is 10.8. The normalized spacial score (nSPS) is 17.3. The lowest BCUT2D eigenvalue weighted by molar-refractivity contribution is -0.132. The number of methoxy groups -OCH3 is 2. The molecule has 1 saturated heterocycles. The maximum Gasteiger partial charge on any atom is 0.248 e. The van der Waals surface area contributed by atoms with Crippen molar-refractivity contribution in [2.24, 2.45) is 0 Å². The molecule has 1 aromatic carbocycles. The van der Waals surface area contributed by atoms with Gasteiger partial charge < -0.3 is 20.1 Å². The summed E-state index contributed by atoms with van der Waals surface area (Å²) in [6.07, 6.45) is 5.00. The number of rotatable bonds is 6. The van der Waals surface area contributed by atoms with E-state index in [0.29, 0.717) is 24.3 Å². The van der Waals surface area contributed by atoms with Gasteiger partial charge in [0.1, 0.15) is 5.54 Å². The summed E-state index contributed by atoms with van der Waals surface area (Å²) in [6, 6.07) is 7.38. The maximum atomic E-state index is 13.2. The Morgan fingerprint density at radius 1 is 1.27 bits per heavy atom. The van der Waals surface area contributed by atoms with Crippen LogP contribution in [0.25, 0.3) is 0 Å². The minimum Gasteiger partial charge on any atom is -0.493 e. The molecule has 2 N–H and O–H groups in total. The Hall–Kier alpha value is -2.54. The molecule has 2 aromatic rings. The molecule has 1 aliphatic heterocycles. The fourth-order valence-electron chi connectivity index (χ4n) is 3.46. The molecule has 1 unspecified atom stereocenters. The van der Waals surface area contributed by atoms with E-state index in [9.17, 15) is 4.79 Å². The first kappa shape index (κ1) is 18.3. The molecule has 26 heavy (non-hydrogen) atoms. The van der Waals surface area contributed by atoms with Crippen LogP contribution >= 0.6 is 0 Å². The number of nitrogens with one attached hydrogen (secondary N) is 2. The zero-order valence-corrected chi connectivity index (χ0v) is 15.5. The molecule has 0 radical (unpaired) electrons. The molecule has 1 aromatic heterocycles. The summed E-state index contributed by atoms with van der Waals surface area (Å²) >= 11 is 0. The highest BCUT2D eigenvalue weighted by atomic mass is 16.5. The first-order chi connectivity index (χ1) is 12.6. The number of carbonyl (C=O) groups excluding carboxylic acids is 1. The SMILES string of the molecule is COc1ccc(C(C)NC(=O)C2(n3cccn3)CCNCC2)cc1OC. The summed E-state index contributed by atoms with van der Waals surface area (Å²) in [4.78, 5) is 13.2. The first-order valence-electron chi connectivity index (χ1n) is 8.84. The van der Waals surface area contributed by atoms with E-state index in [0.717, 1.165) is 18.7 Å². The van der Waals surface area contributed by atoms with Crippen molar-refractivity contribution in [1.29, 1.82) is 0 Å². The van der Waals surface area contributed by atoms with Gasteiger partial charge in [0.2, 0.25) is 5.91 Å². The molecule has 0 aliphatic carbocycles. The van der Waals surface area contributed by atoms with E-state index in [2.05, 4.69) is 15.7 Å². The van der Waals surface area contributed by atoms with Crippen LogP contribution in [0, 0.1) is 0 Å². The summed E-state index contributed by atoms with van der Waals surface area (Å²) < 4.78 is 12.4. The number of aromatic nitrogens is 2. The molecule has 1 fully saturated rings. The highest BCUT2D eigenvalue weighted by Crippen LogP contribution is 2.31. The van der Waals surface area contributed by atoms with Crippen molar-refractivity contribution < 1.29 is 14.3 Å². The molecule has 3 rings (SSSR count). The van der Waals surface area contributed by atoms with Gasteiger partial charge in [0, 0.05) is 12.4 Å². The summed E-state index contributed by atoms with van der Waals surface area (Å²) in [5.74, 6) is 1.31. The number of piperidine rings is 1. The Morgan fingerprint density at radius 3 is 2.62 bits per heavy atom. The third-order valence-electron chi connectivity index (χ3n) is 5.05. The molecule has 1 amide bonds. The number of ether oxygens (including phenoxy) is 2. The lowest BCUT2D eigenvalue weighted by Gasteiger charge is -2.37. The molecule has 0 saturated carbocycles. The molecule has 0 spiro atoms. The lowest BCUT2D eigenvalue weighted by atomic mass is 9.87. The molecule has 0 bridgehead atoms. The van der Waals surface area contributed by atoms with Gasteiger partial charge in [-0.15, -0.1) is 0 Å². The Morgan fingerprint density at radius 2 is 2.00 bits per heavy atom. The minimum absolute atomic E-state index is 0.00927. The zero-order valence-electron chi connectivity index (χ0n) is 15.5. The predicted octanol–water partition coefficient (Wildman–Crippen LogP) is 1.86. The van der Waals surface area contributed by atoms with Crippen molar-refractivity contribution in [2.45, 2.75) is 31.3 Å². The van der Waals surface area contributed by atoms with Gasteiger partial charge in [-0.1, -0.05) is 6.07 Å². The van der Waals surface area contributed by atoms with Crippen LogP contribution in [0.1, 0.15) is 31.4 Å². The molecule has 140 valence electrons. The number of carbonyl (C=O) groups is 1. The Balaban J connectivity index is 1.81. The van der Waals surface area contributed by atoms with Gasteiger partial charge in [0.15, 0.2) is 11.5 Å². The topological polar surface area (TPSA) is 77.4 Å². The van der Waals surface area contributed by atoms with Gasteiger partial charge in [-0.3, -0.25) is 9.48 Å². The number of amides is 1. The Bertz CT molecular complexity index is 739. The van der Waals surface area contributed by atoms with Crippen molar-refractivity contribution >= 4 is 5.91 Å². The van der Waals surface area contributed by atoms with Crippen molar-refractivity contribution in [2.75, 3.05) is 27.3 Å². The first-order valence-corrected chi connectivity index (χ1v) is 8.84. The van der Waals surface area contributed by atoms with Gasteiger partial charge in [0.25, 0.3) is 0 Å². The standard InChI is InChI=1S/C19H26N4O3/c1-14(15-5-6-16(25-2)17(13-15)26-3)22-18(24)19(7-10-20-11-8-19)23-12-4-9-21-23/h4-6,9,12-14,20H,7-8,10-11H2,1-3H3,(H,22,24). The summed E-state index contributed by atoms with van der Waals surface area (Å²) in [7, 11) is 3.21. The Labute approximate surface area is 153 Å². The second-order valence-corrected chi connectivity index (χ2v) is 6.54. The van der Waals surface area contributed by atoms with Crippen LogP contribution in [0.15, 0.2) is 36.7 Å². The zero-order chi connectivity index (χ0) is 18.6. The fourth-order valence-corrected chi connectivity index (χ4v) is 3.46. The van der Waals surface area contributed by atoms with E-state index in [1.54, 1.807) is 25.1 Å². The summed E-state index contributed by atoms with van der Waals surface area (Å²) in [6.45, 7) is 3.55. The minimum atomic E-state index is -0.653. The molecule has 2 heterocycles. The molecule has 1 atom stereocenters. The highest BCUT2D eigenvalue weighted by molar-refractivity contribution is 5.85. The number of hydrogen-bond donors (Lipinski definition) is 2. The second-order valence-electron chi connectivity index (χ2n) is 6.54. The van der Waals surface area contributed by atoms with Crippen LogP contribution < -0.4 is 20.1 Å². The van der Waals surface area contributed by atoms with Gasteiger partial charge in [-0.25, -0.2) is 0 Å². The van der Waals surface area contributed by atoms with Crippen molar-refractivity contribution in [3.63, 3.8) is 0 Å². The number of hydrogen-bond acceptors (Lipinski definition) is 5. The Kier molecular flexibility index (Phi) is 5.46. The maximum absolute atomic E-state index is 13.2. The van der Waals surface area contributed by atoms with E-state index in [4.69, 9.17) is 9.47 Å². The van der Waals surface area contributed by atoms with Gasteiger partial charge in [-0.05, 0) is 56.6 Å².